The number of aromatic nitrogens is 1. The van der Waals surface area contributed by atoms with E-state index in [1.807, 2.05) is 0 Å². The molecular formula is C17H17F2N3O3S. The van der Waals surface area contributed by atoms with E-state index in [0.29, 0.717) is 24.6 Å². The van der Waals surface area contributed by atoms with E-state index in [4.69, 9.17) is 0 Å². The Kier molecular flexibility index (Phi) is 5.28. The fourth-order valence-electron chi connectivity index (χ4n) is 2.83. The summed E-state index contributed by atoms with van der Waals surface area (Å²) in [6.07, 6.45) is 3.81. The number of carbonyl (C=O) groups excluding carboxylic acids is 1. The second-order valence-electron chi connectivity index (χ2n) is 5.99. The van der Waals surface area contributed by atoms with Gasteiger partial charge in [0.25, 0.3) is 0 Å². The number of piperidine rings is 1. The van der Waals surface area contributed by atoms with Gasteiger partial charge >= 0.3 is 0 Å². The average Bonchev–Trinajstić information content (AvgIpc) is 2.65. The molecule has 9 heteroatoms. The fourth-order valence-corrected chi connectivity index (χ4v) is 4.31. The lowest BCUT2D eigenvalue weighted by Gasteiger charge is -2.30. The van der Waals surface area contributed by atoms with E-state index in [9.17, 15) is 22.0 Å². The van der Waals surface area contributed by atoms with Gasteiger partial charge in [-0.25, -0.2) is 17.2 Å². The molecule has 1 aromatic carbocycles. The average molecular weight is 381 g/mol. The number of anilines is 1. The second-order valence-corrected chi connectivity index (χ2v) is 7.92. The summed E-state index contributed by atoms with van der Waals surface area (Å²) in [6.45, 7) is 0.263. The van der Waals surface area contributed by atoms with Crippen molar-refractivity contribution in [3.05, 3.63) is 54.4 Å². The van der Waals surface area contributed by atoms with Gasteiger partial charge in [-0.2, -0.15) is 4.31 Å². The monoisotopic (exact) mass is 381 g/mol. The van der Waals surface area contributed by atoms with Gasteiger partial charge < -0.3 is 5.32 Å². The van der Waals surface area contributed by atoms with Gasteiger partial charge in [0.1, 0.15) is 0 Å². The Morgan fingerprint density at radius 2 is 1.88 bits per heavy atom. The van der Waals surface area contributed by atoms with Crippen LogP contribution in [-0.2, 0) is 14.8 Å². The van der Waals surface area contributed by atoms with Gasteiger partial charge in [-0.1, -0.05) is 0 Å². The number of benzene rings is 1. The van der Waals surface area contributed by atoms with Gasteiger partial charge in [-0.15, -0.1) is 0 Å². The van der Waals surface area contributed by atoms with Crippen molar-refractivity contribution in [3.63, 3.8) is 0 Å². The number of rotatable bonds is 4. The number of pyridine rings is 1. The molecule has 1 aliphatic rings. The molecule has 2 aromatic rings. The smallest absolute Gasteiger partial charge is 0.243 e. The molecule has 0 bridgehead atoms. The summed E-state index contributed by atoms with van der Waals surface area (Å²) in [5.41, 5.74) is 0.578. The van der Waals surface area contributed by atoms with Gasteiger partial charge in [0.15, 0.2) is 11.6 Å². The Morgan fingerprint density at radius 1 is 1.15 bits per heavy atom. The molecule has 1 aromatic heterocycles. The fraction of sp³-hybridized carbons (Fsp3) is 0.294. The molecule has 26 heavy (non-hydrogen) atoms. The van der Waals surface area contributed by atoms with E-state index >= 15 is 0 Å². The first kappa shape index (κ1) is 18.4. The van der Waals surface area contributed by atoms with Gasteiger partial charge in [-0.3, -0.25) is 9.78 Å². The lowest BCUT2D eigenvalue weighted by atomic mass is 9.97. The minimum absolute atomic E-state index is 0.131. The van der Waals surface area contributed by atoms with E-state index in [0.717, 1.165) is 12.1 Å². The maximum Gasteiger partial charge on any atom is 0.243 e. The summed E-state index contributed by atoms with van der Waals surface area (Å²) < 4.78 is 52.6. The predicted molar refractivity (Wildman–Crippen MR) is 90.7 cm³/mol. The molecule has 0 saturated carbocycles. The highest BCUT2D eigenvalue weighted by Gasteiger charge is 2.32. The van der Waals surface area contributed by atoms with Crippen LogP contribution < -0.4 is 5.32 Å². The Balaban J connectivity index is 1.64. The molecule has 0 unspecified atom stereocenters. The van der Waals surface area contributed by atoms with Gasteiger partial charge in [-0.05, 0) is 43.2 Å². The number of hydrogen-bond acceptors (Lipinski definition) is 4. The van der Waals surface area contributed by atoms with Crippen LogP contribution in [0.25, 0.3) is 0 Å². The molecule has 1 amide bonds. The molecule has 0 spiro atoms. The van der Waals surface area contributed by atoms with Crippen LogP contribution in [0.1, 0.15) is 12.8 Å². The van der Waals surface area contributed by atoms with Crippen molar-refractivity contribution in [1.82, 2.24) is 9.29 Å². The minimum atomic E-state index is -3.92. The second kappa shape index (κ2) is 7.46. The highest BCUT2D eigenvalue weighted by Crippen LogP contribution is 2.25. The van der Waals surface area contributed by atoms with Crippen LogP contribution in [0.2, 0.25) is 0 Å². The first-order chi connectivity index (χ1) is 12.4. The number of carbonyl (C=O) groups is 1. The summed E-state index contributed by atoms with van der Waals surface area (Å²) in [6, 6.07) is 5.91. The summed E-state index contributed by atoms with van der Waals surface area (Å²) in [7, 11) is -3.92. The molecule has 1 aliphatic heterocycles. The predicted octanol–water partition coefficient (Wildman–Crippen LogP) is 2.40. The number of halogens is 2. The first-order valence-corrected chi connectivity index (χ1v) is 9.48. The van der Waals surface area contributed by atoms with Crippen molar-refractivity contribution in [1.29, 1.82) is 0 Å². The first-order valence-electron chi connectivity index (χ1n) is 8.04. The van der Waals surface area contributed by atoms with E-state index in [1.165, 1.54) is 10.5 Å². The van der Waals surface area contributed by atoms with Crippen LogP contribution in [-0.4, -0.2) is 36.7 Å². The molecule has 138 valence electrons. The lowest BCUT2D eigenvalue weighted by molar-refractivity contribution is -0.120. The summed E-state index contributed by atoms with van der Waals surface area (Å²) in [4.78, 5) is 15.9. The van der Waals surface area contributed by atoms with E-state index in [-0.39, 0.29) is 29.8 Å². The van der Waals surface area contributed by atoms with Crippen molar-refractivity contribution >= 4 is 21.6 Å². The van der Waals surface area contributed by atoms with Crippen molar-refractivity contribution in [2.24, 2.45) is 5.92 Å². The van der Waals surface area contributed by atoms with Crippen molar-refractivity contribution in [3.8, 4) is 0 Å². The maximum absolute atomic E-state index is 13.3. The third-order valence-corrected chi connectivity index (χ3v) is 6.18. The number of nitrogens with one attached hydrogen (secondary N) is 1. The molecule has 1 N–H and O–H groups in total. The Bertz CT molecular complexity index is 899. The summed E-state index contributed by atoms with van der Waals surface area (Å²) >= 11 is 0. The van der Waals surface area contributed by atoms with Crippen LogP contribution in [0.5, 0.6) is 0 Å². The molecule has 1 fully saturated rings. The van der Waals surface area contributed by atoms with Gasteiger partial charge in [0.05, 0.1) is 16.8 Å². The zero-order valence-corrected chi connectivity index (χ0v) is 14.5. The highest BCUT2D eigenvalue weighted by molar-refractivity contribution is 7.89. The summed E-state index contributed by atoms with van der Waals surface area (Å²) in [5.74, 6) is -2.83. The maximum atomic E-state index is 13.3. The minimum Gasteiger partial charge on any atom is -0.324 e. The van der Waals surface area contributed by atoms with Crippen molar-refractivity contribution in [2.45, 2.75) is 17.7 Å². The zero-order valence-electron chi connectivity index (χ0n) is 13.7. The van der Waals surface area contributed by atoms with Crippen LogP contribution in [0.3, 0.4) is 0 Å². The normalized spacial score (nSPS) is 16.4. The molecule has 0 atom stereocenters. The molecule has 0 aliphatic carbocycles. The lowest BCUT2D eigenvalue weighted by Crippen LogP contribution is -2.41. The quantitative estimate of drug-likeness (QED) is 0.882. The molecule has 2 heterocycles. The largest absolute Gasteiger partial charge is 0.324 e. The van der Waals surface area contributed by atoms with Crippen LogP contribution in [0.4, 0.5) is 14.5 Å². The molecule has 0 radical (unpaired) electrons. The molecule has 1 saturated heterocycles. The van der Waals surface area contributed by atoms with E-state index < -0.39 is 21.7 Å². The molecular weight excluding hydrogens is 364 g/mol. The Labute approximate surface area is 149 Å². The zero-order chi connectivity index (χ0) is 18.7. The third kappa shape index (κ3) is 3.88. The van der Waals surface area contributed by atoms with Crippen LogP contribution >= 0.6 is 0 Å². The molecule has 6 nitrogen and oxygen atoms in total. The van der Waals surface area contributed by atoms with E-state index in [1.54, 1.807) is 18.3 Å². The Morgan fingerprint density at radius 3 is 2.50 bits per heavy atom. The third-order valence-electron chi connectivity index (χ3n) is 4.28. The number of sulfonamides is 1. The number of hydrogen-bond donors (Lipinski definition) is 1. The van der Waals surface area contributed by atoms with Gasteiger partial charge in [0, 0.05) is 25.2 Å². The standard InChI is InChI=1S/C17H17F2N3O3S/c18-15-4-3-14(10-16(15)19)26(24,25)22-8-5-12(6-9-22)17(23)21-13-2-1-7-20-11-13/h1-4,7,10-12H,5-6,8-9H2,(H,21,23). The molecule has 3 rings (SSSR count). The summed E-state index contributed by atoms with van der Waals surface area (Å²) in [5, 5.41) is 2.75. The Hall–Kier alpha value is -2.39. The topological polar surface area (TPSA) is 79.4 Å². The SMILES string of the molecule is O=C(Nc1cccnc1)C1CCN(S(=O)(=O)c2ccc(F)c(F)c2)CC1. The highest BCUT2D eigenvalue weighted by atomic mass is 32.2. The van der Waals surface area contributed by atoms with E-state index in [2.05, 4.69) is 10.3 Å². The number of nitrogens with zero attached hydrogens (tertiary/aromatic N) is 2. The van der Waals surface area contributed by atoms with Crippen molar-refractivity contribution < 1.29 is 22.0 Å². The number of amides is 1. The van der Waals surface area contributed by atoms with Crippen LogP contribution in [0, 0.1) is 17.6 Å². The van der Waals surface area contributed by atoms with Gasteiger partial charge in [0.2, 0.25) is 15.9 Å². The van der Waals surface area contributed by atoms with Crippen LogP contribution in [0.15, 0.2) is 47.6 Å². The van der Waals surface area contributed by atoms with Crippen molar-refractivity contribution in [2.75, 3.05) is 18.4 Å².